The molecule has 0 amide bonds. The van der Waals surface area contributed by atoms with Crippen molar-refractivity contribution in [1.29, 1.82) is 0 Å². The first-order valence-electron chi connectivity index (χ1n) is 7.53. The van der Waals surface area contributed by atoms with Gasteiger partial charge in [0.2, 0.25) is 5.95 Å². The highest BCUT2D eigenvalue weighted by Crippen LogP contribution is 2.32. The van der Waals surface area contributed by atoms with Crippen LogP contribution in [0, 0.1) is 12.3 Å². The summed E-state index contributed by atoms with van der Waals surface area (Å²) in [4.78, 5) is 14.0. The first kappa shape index (κ1) is 16.0. The lowest BCUT2D eigenvalue weighted by molar-refractivity contribution is 0.418. The Morgan fingerprint density at radius 1 is 1.29 bits per heavy atom. The first-order valence-corrected chi connectivity index (χ1v) is 8.35. The van der Waals surface area contributed by atoms with Crippen molar-refractivity contribution in [3.05, 3.63) is 10.9 Å². The predicted octanol–water partition coefficient (Wildman–Crippen LogP) is 4.30. The summed E-state index contributed by atoms with van der Waals surface area (Å²) in [6.45, 7) is 12.9. The van der Waals surface area contributed by atoms with Crippen molar-refractivity contribution in [3.8, 4) is 0 Å². The standard InChI is InChI=1S/C16H26N4S/c1-7-8-17-15-18-13(20(6)10-16(3,4)5)12-9-11(2)21-14(12)19-15/h9H,7-8,10H2,1-6H3,(H,17,18,19). The highest BCUT2D eigenvalue weighted by atomic mass is 32.1. The van der Waals surface area contributed by atoms with Crippen LogP contribution in [0.1, 0.15) is 39.0 Å². The second-order valence-electron chi connectivity index (χ2n) is 6.79. The van der Waals surface area contributed by atoms with Crippen LogP contribution >= 0.6 is 11.3 Å². The number of aryl methyl sites for hydroxylation is 1. The smallest absolute Gasteiger partial charge is 0.226 e. The van der Waals surface area contributed by atoms with Crippen molar-refractivity contribution in [2.75, 3.05) is 30.4 Å². The van der Waals surface area contributed by atoms with Gasteiger partial charge in [0.1, 0.15) is 10.6 Å². The van der Waals surface area contributed by atoms with E-state index < -0.39 is 0 Å². The Labute approximate surface area is 131 Å². The normalized spacial score (nSPS) is 11.9. The summed E-state index contributed by atoms with van der Waals surface area (Å²) in [6.07, 6.45) is 1.07. The van der Waals surface area contributed by atoms with Gasteiger partial charge in [0, 0.05) is 25.0 Å². The minimum atomic E-state index is 0.230. The van der Waals surface area contributed by atoms with E-state index in [1.54, 1.807) is 11.3 Å². The number of anilines is 2. The maximum Gasteiger partial charge on any atom is 0.226 e. The molecular formula is C16H26N4S. The molecule has 0 spiro atoms. The van der Waals surface area contributed by atoms with Crippen molar-refractivity contribution < 1.29 is 0 Å². The molecule has 2 heterocycles. The Morgan fingerprint density at radius 3 is 2.62 bits per heavy atom. The summed E-state index contributed by atoms with van der Waals surface area (Å²) in [5.74, 6) is 1.76. The Kier molecular flexibility index (Phi) is 4.71. The van der Waals surface area contributed by atoms with Crippen LogP contribution in [0.25, 0.3) is 10.2 Å². The second-order valence-corrected chi connectivity index (χ2v) is 8.02. The molecule has 0 atom stereocenters. The molecule has 2 rings (SSSR count). The van der Waals surface area contributed by atoms with Gasteiger partial charge < -0.3 is 10.2 Å². The van der Waals surface area contributed by atoms with Crippen LogP contribution in [-0.4, -0.2) is 30.1 Å². The maximum absolute atomic E-state index is 4.75. The van der Waals surface area contributed by atoms with E-state index in [4.69, 9.17) is 4.98 Å². The average molecular weight is 306 g/mol. The SMILES string of the molecule is CCCNc1nc(N(C)CC(C)(C)C)c2cc(C)sc2n1. The van der Waals surface area contributed by atoms with Gasteiger partial charge in [0.25, 0.3) is 0 Å². The van der Waals surface area contributed by atoms with Gasteiger partial charge in [-0.1, -0.05) is 27.7 Å². The van der Waals surface area contributed by atoms with E-state index in [9.17, 15) is 0 Å². The van der Waals surface area contributed by atoms with E-state index >= 15 is 0 Å². The summed E-state index contributed by atoms with van der Waals surface area (Å²) >= 11 is 1.73. The highest BCUT2D eigenvalue weighted by molar-refractivity contribution is 7.18. The van der Waals surface area contributed by atoms with Gasteiger partial charge in [-0.3, -0.25) is 0 Å². The van der Waals surface area contributed by atoms with Gasteiger partial charge in [-0.2, -0.15) is 4.98 Å². The first-order chi connectivity index (χ1) is 9.80. The molecule has 2 aromatic heterocycles. The topological polar surface area (TPSA) is 41.1 Å². The van der Waals surface area contributed by atoms with Crippen LogP contribution in [0.15, 0.2) is 6.07 Å². The van der Waals surface area contributed by atoms with Crippen molar-refractivity contribution in [2.24, 2.45) is 5.41 Å². The molecule has 0 aromatic carbocycles. The van der Waals surface area contributed by atoms with Crippen molar-refractivity contribution in [2.45, 2.75) is 41.0 Å². The zero-order valence-corrected chi connectivity index (χ0v) is 14.8. The van der Waals surface area contributed by atoms with Crippen LogP contribution in [0.2, 0.25) is 0 Å². The number of hydrogen-bond acceptors (Lipinski definition) is 5. The Morgan fingerprint density at radius 2 is 2.00 bits per heavy atom. The summed E-state index contributed by atoms with van der Waals surface area (Å²) in [5, 5.41) is 4.47. The predicted molar refractivity (Wildman–Crippen MR) is 93.7 cm³/mol. The largest absolute Gasteiger partial charge is 0.358 e. The molecular weight excluding hydrogens is 280 g/mol. The molecule has 0 aliphatic rings. The quantitative estimate of drug-likeness (QED) is 0.894. The highest BCUT2D eigenvalue weighted by Gasteiger charge is 2.19. The summed E-state index contributed by atoms with van der Waals surface area (Å²) in [6, 6.07) is 2.19. The fourth-order valence-corrected chi connectivity index (χ4v) is 3.29. The average Bonchev–Trinajstić information content (AvgIpc) is 2.73. The number of nitrogens with one attached hydrogen (secondary N) is 1. The molecule has 0 saturated heterocycles. The number of rotatable bonds is 5. The van der Waals surface area contributed by atoms with E-state index in [0.717, 1.165) is 41.5 Å². The van der Waals surface area contributed by atoms with Gasteiger partial charge in [0.05, 0.1) is 5.39 Å². The molecule has 5 heteroatoms. The summed E-state index contributed by atoms with van der Waals surface area (Å²) in [5.41, 5.74) is 0.230. The minimum Gasteiger partial charge on any atom is -0.358 e. The number of nitrogens with zero attached hydrogens (tertiary/aromatic N) is 3. The second kappa shape index (κ2) is 6.18. The van der Waals surface area contributed by atoms with Gasteiger partial charge in [-0.25, -0.2) is 4.98 Å². The molecule has 21 heavy (non-hydrogen) atoms. The Balaban J connectivity index is 2.43. The number of hydrogen-bond donors (Lipinski definition) is 1. The Bertz CT molecular complexity index is 612. The lowest BCUT2D eigenvalue weighted by atomic mass is 9.96. The molecule has 4 nitrogen and oxygen atoms in total. The molecule has 0 radical (unpaired) electrons. The van der Waals surface area contributed by atoms with Crippen LogP contribution in [-0.2, 0) is 0 Å². The number of thiophene rings is 1. The minimum absolute atomic E-state index is 0.230. The zero-order chi connectivity index (χ0) is 15.6. The van der Waals surface area contributed by atoms with Crippen LogP contribution in [0.3, 0.4) is 0 Å². The van der Waals surface area contributed by atoms with E-state index in [1.807, 2.05) is 0 Å². The van der Waals surface area contributed by atoms with Crippen LogP contribution in [0.4, 0.5) is 11.8 Å². The van der Waals surface area contributed by atoms with Crippen molar-refractivity contribution in [3.63, 3.8) is 0 Å². The van der Waals surface area contributed by atoms with Gasteiger partial charge in [0.15, 0.2) is 0 Å². The lowest BCUT2D eigenvalue weighted by Crippen LogP contribution is -2.30. The molecule has 0 fully saturated rings. The molecule has 0 aliphatic heterocycles. The Hall–Kier alpha value is -1.36. The van der Waals surface area contributed by atoms with Gasteiger partial charge in [-0.15, -0.1) is 11.3 Å². The van der Waals surface area contributed by atoms with Gasteiger partial charge in [-0.05, 0) is 24.8 Å². The molecule has 116 valence electrons. The van der Waals surface area contributed by atoms with Crippen LogP contribution < -0.4 is 10.2 Å². The lowest BCUT2D eigenvalue weighted by Gasteiger charge is -2.28. The van der Waals surface area contributed by atoms with Crippen molar-refractivity contribution in [1.82, 2.24) is 9.97 Å². The summed E-state index contributed by atoms with van der Waals surface area (Å²) in [7, 11) is 2.11. The molecule has 1 N–H and O–H groups in total. The monoisotopic (exact) mass is 306 g/mol. The maximum atomic E-state index is 4.75. The van der Waals surface area contributed by atoms with Gasteiger partial charge >= 0.3 is 0 Å². The zero-order valence-electron chi connectivity index (χ0n) is 13.9. The fraction of sp³-hybridized carbons (Fsp3) is 0.625. The number of fused-ring (bicyclic) bond motifs is 1. The van der Waals surface area contributed by atoms with Crippen LogP contribution in [0.5, 0.6) is 0 Å². The summed E-state index contributed by atoms with van der Waals surface area (Å²) < 4.78 is 0. The molecule has 0 aliphatic carbocycles. The van der Waals surface area contributed by atoms with E-state index in [2.05, 4.69) is 62.9 Å². The third kappa shape index (κ3) is 4.06. The molecule has 0 bridgehead atoms. The molecule has 0 unspecified atom stereocenters. The molecule has 2 aromatic rings. The van der Waals surface area contributed by atoms with E-state index in [-0.39, 0.29) is 5.41 Å². The van der Waals surface area contributed by atoms with E-state index in [0.29, 0.717) is 0 Å². The van der Waals surface area contributed by atoms with E-state index in [1.165, 1.54) is 4.88 Å². The fourth-order valence-electron chi connectivity index (χ4n) is 2.42. The number of aromatic nitrogens is 2. The van der Waals surface area contributed by atoms with Crippen molar-refractivity contribution >= 4 is 33.3 Å². The third-order valence-electron chi connectivity index (χ3n) is 3.10. The third-order valence-corrected chi connectivity index (χ3v) is 4.05. The molecule has 0 saturated carbocycles.